The van der Waals surface area contributed by atoms with Crippen molar-refractivity contribution >= 4 is 55.7 Å². The van der Waals surface area contributed by atoms with Gasteiger partial charge in [0.25, 0.3) is 0 Å². The zero-order valence-corrected chi connectivity index (χ0v) is 19.3. The molecule has 5 aromatic rings. The minimum atomic E-state index is -0.336. The zero-order chi connectivity index (χ0) is 23.1. The number of hydrogen-bond acceptors (Lipinski definition) is 7. The van der Waals surface area contributed by atoms with Crippen LogP contribution < -0.4 is 10.2 Å². The third kappa shape index (κ3) is 3.73. The molecule has 0 spiro atoms. The Bertz CT molecular complexity index is 1500. The number of rotatable bonds is 4. The fourth-order valence-corrected chi connectivity index (χ4v) is 5.66. The lowest BCUT2D eigenvalue weighted by molar-refractivity contribution is 0.0975. The summed E-state index contributed by atoms with van der Waals surface area (Å²) in [7, 11) is 1.74. The summed E-state index contributed by atoms with van der Waals surface area (Å²) >= 11 is 1.65. The number of aryl methyl sites for hydroxylation is 1. The van der Waals surface area contributed by atoms with E-state index in [9.17, 15) is 4.79 Å². The minimum Gasteiger partial charge on any atom is -0.445 e. The second-order valence-corrected chi connectivity index (χ2v) is 9.43. The van der Waals surface area contributed by atoms with E-state index in [0.29, 0.717) is 6.42 Å². The van der Waals surface area contributed by atoms with Crippen molar-refractivity contribution in [1.29, 1.82) is 0 Å². The van der Waals surface area contributed by atoms with Crippen molar-refractivity contribution in [2.45, 2.75) is 25.4 Å². The quantitative estimate of drug-likeness (QED) is 0.363. The number of aromatic nitrogens is 4. The van der Waals surface area contributed by atoms with Gasteiger partial charge in [-0.3, -0.25) is 10.00 Å². The first kappa shape index (κ1) is 20.6. The Morgan fingerprint density at radius 1 is 1.21 bits per heavy atom. The predicted octanol–water partition coefficient (Wildman–Crippen LogP) is 5.44. The van der Waals surface area contributed by atoms with Crippen molar-refractivity contribution in [2.24, 2.45) is 0 Å². The van der Waals surface area contributed by atoms with E-state index in [1.807, 2.05) is 48.5 Å². The topological polar surface area (TPSA) is 96.0 Å². The molecule has 1 aliphatic carbocycles. The van der Waals surface area contributed by atoms with E-state index in [-0.39, 0.29) is 12.2 Å². The maximum Gasteiger partial charge on any atom is 0.414 e. The largest absolute Gasteiger partial charge is 0.445 e. The van der Waals surface area contributed by atoms with Crippen LogP contribution in [0.3, 0.4) is 0 Å². The number of fused-ring (bicyclic) bond motifs is 4. The zero-order valence-electron chi connectivity index (χ0n) is 18.5. The molecule has 2 aromatic carbocycles. The van der Waals surface area contributed by atoms with Crippen molar-refractivity contribution in [2.75, 3.05) is 17.3 Å². The molecule has 0 saturated heterocycles. The van der Waals surface area contributed by atoms with E-state index in [0.717, 1.165) is 51.2 Å². The second-order valence-electron chi connectivity index (χ2n) is 8.35. The Balaban J connectivity index is 1.23. The Kier molecular flexibility index (Phi) is 5.10. The van der Waals surface area contributed by atoms with Gasteiger partial charge in [-0.15, -0.1) is 11.3 Å². The molecule has 0 bridgehead atoms. The standard InChI is InChI=1S/C25H22N6O2S/c1-31(17-5-3-2-4-6-17)25(32)33-18-8-9-19-21(12-18)34-24-22(19)23(26-14-27-24)29-16-7-10-20-15(11-16)13-28-30-20/h2-7,10-11,13-14,18H,8-9,12H2,1H3,(H,28,30)(H,26,27,29). The molecule has 0 radical (unpaired) electrons. The molecule has 1 atom stereocenters. The summed E-state index contributed by atoms with van der Waals surface area (Å²) in [5.74, 6) is 0.796. The van der Waals surface area contributed by atoms with Crippen molar-refractivity contribution in [1.82, 2.24) is 20.2 Å². The van der Waals surface area contributed by atoms with Crippen LogP contribution in [0.2, 0.25) is 0 Å². The third-order valence-corrected chi connectivity index (χ3v) is 7.35. The van der Waals surface area contributed by atoms with Crippen molar-refractivity contribution in [3.8, 4) is 0 Å². The number of carbonyl (C=O) groups excluding carboxylic acids is 1. The van der Waals surface area contributed by atoms with Gasteiger partial charge in [-0.05, 0) is 48.7 Å². The molecule has 8 nitrogen and oxygen atoms in total. The Morgan fingerprint density at radius 3 is 2.97 bits per heavy atom. The number of benzene rings is 2. The molecular weight excluding hydrogens is 448 g/mol. The first-order valence-electron chi connectivity index (χ1n) is 11.1. The van der Waals surface area contributed by atoms with Crippen LogP contribution in [-0.4, -0.2) is 39.4 Å². The van der Waals surface area contributed by atoms with Gasteiger partial charge in [0.05, 0.1) is 17.1 Å². The van der Waals surface area contributed by atoms with Gasteiger partial charge in [0.2, 0.25) is 0 Å². The van der Waals surface area contributed by atoms with Crippen molar-refractivity contribution < 1.29 is 9.53 Å². The lowest BCUT2D eigenvalue weighted by atomic mass is 9.94. The van der Waals surface area contributed by atoms with Gasteiger partial charge in [0.15, 0.2) is 0 Å². The van der Waals surface area contributed by atoms with Crippen molar-refractivity contribution in [3.63, 3.8) is 0 Å². The van der Waals surface area contributed by atoms with Gasteiger partial charge in [-0.1, -0.05) is 18.2 Å². The summed E-state index contributed by atoms with van der Waals surface area (Å²) in [5.41, 5.74) is 3.99. The van der Waals surface area contributed by atoms with E-state index < -0.39 is 0 Å². The minimum absolute atomic E-state index is 0.160. The number of hydrogen-bond donors (Lipinski definition) is 2. The number of carbonyl (C=O) groups is 1. The number of nitrogens with one attached hydrogen (secondary N) is 2. The lowest BCUT2D eigenvalue weighted by Crippen LogP contribution is -2.33. The number of thiophene rings is 1. The summed E-state index contributed by atoms with van der Waals surface area (Å²) in [6.07, 6.45) is 5.16. The van der Waals surface area contributed by atoms with Gasteiger partial charge in [-0.2, -0.15) is 5.10 Å². The van der Waals surface area contributed by atoms with Crippen LogP contribution in [-0.2, 0) is 17.6 Å². The summed E-state index contributed by atoms with van der Waals surface area (Å²) < 4.78 is 5.85. The average molecular weight is 471 g/mol. The average Bonchev–Trinajstić information content (AvgIpc) is 3.48. The number of amides is 1. The van der Waals surface area contributed by atoms with Crippen LogP contribution in [0, 0.1) is 0 Å². The van der Waals surface area contributed by atoms with Crippen LogP contribution in [0.5, 0.6) is 0 Å². The van der Waals surface area contributed by atoms with Crippen LogP contribution in [0.1, 0.15) is 16.9 Å². The normalized spacial score (nSPS) is 15.3. The molecule has 3 aromatic heterocycles. The molecule has 9 heteroatoms. The Morgan fingerprint density at radius 2 is 2.09 bits per heavy atom. The molecular formula is C25H22N6O2S. The maximum atomic E-state index is 12.7. The highest BCUT2D eigenvalue weighted by molar-refractivity contribution is 7.19. The van der Waals surface area contributed by atoms with Gasteiger partial charge >= 0.3 is 6.09 Å². The number of aromatic amines is 1. The van der Waals surface area contributed by atoms with Crippen LogP contribution in [0.25, 0.3) is 21.1 Å². The van der Waals surface area contributed by atoms with Gasteiger partial charge in [0, 0.05) is 35.1 Å². The fourth-order valence-electron chi connectivity index (χ4n) is 4.41. The Hall–Kier alpha value is -3.98. The van der Waals surface area contributed by atoms with E-state index >= 15 is 0 Å². The number of ether oxygens (including phenoxy) is 1. The summed E-state index contributed by atoms with van der Waals surface area (Å²) in [5, 5.41) is 12.6. The first-order valence-corrected chi connectivity index (χ1v) is 11.9. The predicted molar refractivity (Wildman–Crippen MR) is 134 cm³/mol. The number of anilines is 3. The van der Waals surface area contributed by atoms with E-state index in [2.05, 4.69) is 25.5 Å². The summed E-state index contributed by atoms with van der Waals surface area (Å²) in [6, 6.07) is 15.6. The molecule has 3 heterocycles. The SMILES string of the molecule is CN(C(=O)OC1CCc2c(sc3ncnc(Nc4ccc5[nH]ncc5c4)c23)C1)c1ccccc1. The van der Waals surface area contributed by atoms with Gasteiger partial charge < -0.3 is 10.1 Å². The molecule has 0 aliphatic heterocycles. The highest BCUT2D eigenvalue weighted by atomic mass is 32.1. The lowest BCUT2D eigenvalue weighted by Gasteiger charge is -2.25. The monoisotopic (exact) mass is 470 g/mol. The highest BCUT2D eigenvalue weighted by Gasteiger charge is 2.28. The molecule has 0 saturated carbocycles. The maximum absolute atomic E-state index is 12.7. The number of H-pyrrole nitrogens is 1. The molecule has 1 amide bonds. The van der Waals surface area contributed by atoms with Gasteiger partial charge in [-0.25, -0.2) is 14.8 Å². The molecule has 6 rings (SSSR count). The first-order chi connectivity index (χ1) is 16.7. The van der Waals surface area contributed by atoms with Crippen LogP contribution in [0.4, 0.5) is 22.0 Å². The molecule has 1 aliphatic rings. The van der Waals surface area contributed by atoms with Crippen LogP contribution in [0.15, 0.2) is 61.1 Å². The third-order valence-electron chi connectivity index (χ3n) is 6.19. The number of para-hydroxylation sites is 1. The summed E-state index contributed by atoms with van der Waals surface area (Å²) in [4.78, 5) is 25.5. The fraction of sp³-hybridized carbons (Fsp3) is 0.200. The highest BCUT2D eigenvalue weighted by Crippen LogP contribution is 2.39. The second kappa shape index (κ2) is 8.42. The van der Waals surface area contributed by atoms with Crippen LogP contribution >= 0.6 is 11.3 Å². The molecule has 0 fully saturated rings. The Labute approximate surface area is 199 Å². The molecule has 170 valence electrons. The van der Waals surface area contributed by atoms with Gasteiger partial charge in [0.1, 0.15) is 23.1 Å². The van der Waals surface area contributed by atoms with E-state index in [1.165, 1.54) is 10.4 Å². The molecule has 1 unspecified atom stereocenters. The number of nitrogens with zero attached hydrogens (tertiary/aromatic N) is 4. The molecule has 34 heavy (non-hydrogen) atoms. The van der Waals surface area contributed by atoms with E-state index in [1.54, 1.807) is 35.8 Å². The smallest absolute Gasteiger partial charge is 0.414 e. The van der Waals surface area contributed by atoms with E-state index in [4.69, 9.17) is 4.74 Å². The van der Waals surface area contributed by atoms with Crippen molar-refractivity contribution in [3.05, 3.63) is 71.5 Å². The summed E-state index contributed by atoms with van der Waals surface area (Å²) in [6.45, 7) is 0. The molecule has 2 N–H and O–H groups in total.